The molecule has 2 heterocycles. The second-order valence-electron chi connectivity index (χ2n) is 3.29. The molecule has 70 valence electrons. The molecule has 0 radical (unpaired) electrons. The van der Waals surface area contributed by atoms with Gasteiger partial charge in [0.25, 0.3) is 0 Å². The number of hydrogen-bond acceptors (Lipinski definition) is 2. The number of nitrogens with zero attached hydrogens (tertiary/aromatic N) is 1. The van der Waals surface area contributed by atoms with Crippen LogP contribution < -0.4 is 0 Å². The molecule has 0 unspecified atom stereocenters. The van der Waals surface area contributed by atoms with E-state index < -0.39 is 0 Å². The minimum Gasteiger partial charge on any atom is -0.337 e. The van der Waals surface area contributed by atoms with Crippen molar-refractivity contribution in [3.63, 3.8) is 0 Å². The Hall–Kier alpha value is -0.830. The molecule has 1 aliphatic rings. The molecule has 1 aromatic rings. The Morgan fingerprint density at radius 2 is 2.54 bits per heavy atom. The summed E-state index contributed by atoms with van der Waals surface area (Å²) in [5.41, 5.74) is 1.44. The van der Waals surface area contributed by atoms with Crippen molar-refractivity contribution < 1.29 is 4.79 Å². The van der Waals surface area contributed by atoms with Crippen LogP contribution in [0, 0.1) is 0 Å². The molecule has 0 aromatic carbocycles. The van der Waals surface area contributed by atoms with Crippen LogP contribution in [0.25, 0.3) is 0 Å². The van der Waals surface area contributed by atoms with Gasteiger partial charge in [-0.25, -0.2) is 0 Å². The smallest absolute Gasteiger partial charge is 0.222 e. The van der Waals surface area contributed by atoms with Crippen LogP contribution in [-0.2, 0) is 17.8 Å². The molecule has 0 fully saturated rings. The Kier molecular flexibility index (Phi) is 2.36. The van der Waals surface area contributed by atoms with Crippen LogP contribution in [0.4, 0.5) is 0 Å². The van der Waals surface area contributed by atoms with E-state index in [0.29, 0.717) is 6.42 Å². The van der Waals surface area contributed by atoms with Gasteiger partial charge < -0.3 is 4.90 Å². The van der Waals surface area contributed by atoms with Gasteiger partial charge in [-0.05, 0) is 23.4 Å². The maximum absolute atomic E-state index is 11.4. The van der Waals surface area contributed by atoms with Crippen molar-refractivity contribution in [2.24, 2.45) is 0 Å². The van der Waals surface area contributed by atoms with Gasteiger partial charge in [-0.3, -0.25) is 4.79 Å². The summed E-state index contributed by atoms with van der Waals surface area (Å²) in [5, 5.41) is 2.12. The molecule has 0 aliphatic carbocycles. The standard InChI is InChI=1S/C10H13NOS/c1-2-10(12)11-5-3-8-4-6-13-9(8)7-11/h4,6H,2-3,5,7H2,1H3. The van der Waals surface area contributed by atoms with Gasteiger partial charge in [0.1, 0.15) is 0 Å². The molecular formula is C10H13NOS. The predicted octanol–water partition coefficient (Wildman–Crippen LogP) is 2.04. The number of fused-ring (bicyclic) bond motifs is 1. The lowest BCUT2D eigenvalue weighted by atomic mass is 10.1. The Labute approximate surface area is 82.2 Å². The van der Waals surface area contributed by atoms with Crippen molar-refractivity contribution in [2.45, 2.75) is 26.3 Å². The fourth-order valence-electron chi connectivity index (χ4n) is 1.67. The second kappa shape index (κ2) is 3.50. The van der Waals surface area contributed by atoms with E-state index >= 15 is 0 Å². The molecule has 13 heavy (non-hydrogen) atoms. The van der Waals surface area contributed by atoms with E-state index in [1.54, 1.807) is 11.3 Å². The molecule has 0 N–H and O–H groups in total. The van der Waals surface area contributed by atoms with Crippen LogP contribution in [0.5, 0.6) is 0 Å². The molecule has 3 heteroatoms. The summed E-state index contributed by atoms with van der Waals surface area (Å²) in [5.74, 6) is 0.277. The Balaban J connectivity index is 2.13. The predicted molar refractivity (Wildman–Crippen MR) is 53.7 cm³/mol. The average Bonchev–Trinajstić information content (AvgIpc) is 2.63. The molecule has 0 spiro atoms. The van der Waals surface area contributed by atoms with Gasteiger partial charge >= 0.3 is 0 Å². The minimum atomic E-state index is 0.277. The van der Waals surface area contributed by atoms with Gasteiger partial charge in [0, 0.05) is 17.8 Å². The van der Waals surface area contributed by atoms with Gasteiger partial charge in [-0.2, -0.15) is 0 Å². The third kappa shape index (κ3) is 1.61. The molecular weight excluding hydrogens is 182 g/mol. The van der Waals surface area contributed by atoms with Crippen molar-refractivity contribution >= 4 is 17.2 Å². The maximum Gasteiger partial charge on any atom is 0.222 e. The highest BCUT2D eigenvalue weighted by Gasteiger charge is 2.19. The highest BCUT2D eigenvalue weighted by atomic mass is 32.1. The van der Waals surface area contributed by atoms with Crippen molar-refractivity contribution in [2.75, 3.05) is 6.54 Å². The number of thiophene rings is 1. The number of rotatable bonds is 1. The first-order valence-electron chi connectivity index (χ1n) is 4.64. The Bertz CT molecular complexity index is 318. The lowest BCUT2D eigenvalue weighted by Crippen LogP contribution is -2.34. The normalized spacial score (nSPS) is 15.6. The van der Waals surface area contributed by atoms with Crippen LogP contribution in [0.1, 0.15) is 23.8 Å². The topological polar surface area (TPSA) is 20.3 Å². The van der Waals surface area contributed by atoms with Crippen LogP contribution in [0.15, 0.2) is 11.4 Å². The molecule has 2 nitrogen and oxygen atoms in total. The Morgan fingerprint density at radius 1 is 1.69 bits per heavy atom. The zero-order valence-corrected chi connectivity index (χ0v) is 8.56. The van der Waals surface area contributed by atoms with Crippen molar-refractivity contribution in [3.05, 3.63) is 21.9 Å². The summed E-state index contributed by atoms with van der Waals surface area (Å²) in [7, 11) is 0. The molecule has 1 amide bonds. The van der Waals surface area contributed by atoms with E-state index in [9.17, 15) is 4.79 Å². The first-order valence-corrected chi connectivity index (χ1v) is 5.52. The third-order valence-electron chi connectivity index (χ3n) is 2.48. The molecule has 1 aromatic heterocycles. The van der Waals surface area contributed by atoms with Gasteiger partial charge in [0.2, 0.25) is 5.91 Å². The summed E-state index contributed by atoms with van der Waals surface area (Å²) >= 11 is 1.76. The zero-order valence-electron chi connectivity index (χ0n) is 7.75. The first kappa shape index (κ1) is 8.75. The van der Waals surface area contributed by atoms with E-state index in [1.807, 2.05) is 11.8 Å². The largest absolute Gasteiger partial charge is 0.337 e. The van der Waals surface area contributed by atoms with Crippen LogP contribution in [-0.4, -0.2) is 17.4 Å². The number of carbonyl (C=O) groups excluding carboxylic acids is 1. The monoisotopic (exact) mass is 195 g/mol. The summed E-state index contributed by atoms with van der Waals surface area (Å²) in [6.07, 6.45) is 1.66. The van der Waals surface area contributed by atoms with E-state index in [1.165, 1.54) is 10.4 Å². The summed E-state index contributed by atoms with van der Waals surface area (Å²) in [6.45, 7) is 3.66. The molecule has 2 rings (SSSR count). The molecule has 0 atom stereocenters. The lowest BCUT2D eigenvalue weighted by Gasteiger charge is -2.26. The number of amides is 1. The summed E-state index contributed by atoms with van der Waals surface area (Å²) in [4.78, 5) is 14.8. The van der Waals surface area contributed by atoms with E-state index in [2.05, 4.69) is 11.4 Å². The van der Waals surface area contributed by atoms with Crippen LogP contribution in [0.2, 0.25) is 0 Å². The lowest BCUT2D eigenvalue weighted by molar-refractivity contribution is -0.131. The van der Waals surface area contributed by atoms with Crippen molar-refractivity contribution in [1.82, 2.24) is 4.90 Å². The van der Waals surface area contributed by atoms with Gasteiger partial charge in [-0.1, -0.05) is 6.92 Å². The zero-order chi connectivity index (χ0) is 9.26. The maximum atomic E-state index is 11.4. The second-order valence-corrected chi connectivity index (χ2v) is 4.29. The Morgan fingerprint density at radius 3 is 3.31 bits per heavy atom. The molecule has 0 bridgehead atoms. The van der Waals surface area contributed by atoms with Crippen molar-refractivity contribution in [3.8, 4) is 0 Å². The van der Waals surface area contributed by atoms with Crippen LogP contribution in [0.3, 0.4) is 0 Å². The fraction of sp³-hybridized carbons (Fsp3) is 0.500. The first-order chi connectivity index (χ1) is 6.31. The molecule has 1 aliphatic heterocycles. The molecule has 0 saturated carbocycles. The highest BCUT2D eigenvalue weighted by Crippen LogP contribution is 2.24. The van der Waals surface area contributed by atoms with Gasteiger partial charge in [0.15, 0.2) is 0 Å². The van der Waals surface area contributed by atoms with E-state index in [-0.39, 0.29) is 5.91 Å². The highest BCUT2D eigenvalue weighted by molar-refractivity contribution is 7.10. The van der Waals surface area contributed by atoms with Gasteiger partial charge in [-0.15, -0.1) is 11.3 Å². The minimum absolute atomic E-state index is 0.277. The average molecular weight is 195 g/mol. The van der Waals surface area contributed by atoms with Crippen LogP contribution >= 0.6 is 11.3 Å². The number of carbonyl (C=O) groups is 1. The quantitative estimate of drug-likeness (QED) is 0.671. The van der Waals surface area contributed by atoms with Crippen molar-refractivity contribution in [1.29, 1.82) is 0 Å². The molecule has 0 saturated heterocycles. The summed E-state index contributed by atoms with van der Waals surface area (Å²) in [6, 6.07) is 2.17. The summed E-state index contributed by atoms with van der Waals surface area (Å²) < 4.78 is 0. The SMILES string of the molecule is CCC(=O)N1CCc2ccsc2C1. The number of hydrogen-bond donors (Lipinski definition) is 0. The van der Waals surface area contributed by atoms with E-state index in [4.69, 9.17) is 0 Å². The fourth-order valence-corrected chi connectivity index (χ4v) is 2.62. The van der Waals surface area contributed by atoms with Gasteiger partial charge in [0.05, 0.1) is 6.54 Å². The van der Waals surface area contributed by atoms with E-state index in [0.717, 1.165) is 19.5 Å². The third-order valence-corrected chi connectivity index (χ3v) is 3.43.